The molecular formula is C12H17NOSi. The van der Waals surface area contributed by atoms with Gasteiger partial charge in [0.2, 0.25) is 0 Å². The Bertz CT molecular complexity index is 385. The first-order chi connectivity index (χ1) is 7.01. The third-order valence-electron chi connectivity index (χ3n) is 1.61. The first kappa shape index (κ1) is 11.8. The average Bonchev–Trinajstić information content (AvgIpc) is 2.15. The second kappa shape index (κ2) is 4.99. The summed E-state index contributed by atoms with van der Waals surface area (Å²) in [4.78, 5) is 4.09. The minimum absolute atomic E-state index is 0.659. The number of pyridine rings is 1. The smallest absolute Gasteiger partial charge is 0.138 e. The molecule has 1 rings (SSSR count). The molecule has 80 valence electrons. The van der Waals surface area contributed by atoms with Crippen molar-refractivity contribution in [2.24, 2.45) is 0 Å². The molecule has 1 aromatic heterocycles. The minimum atomic E-state index is -1.31. The van der Waals surface area contributed by atoms with Gasteiger partial charge in [-0.2, -0.15) is 0 Å². The molecule has 0 radical (unpaired) electrons. The van der Waals surface area contributed by atoms with Crippen LogP contribution in [0.25, 0.3) is 0 Å². The maximum atomic E-state index is 5.36. The van der Waals surface area contributed by atoms with Crippen molar-refractivity contribution in [3.63, 3.8) is 0 Å². The van der Waals surface area contributed by atoms with Crippen LogP contribution < -0.4 is 4.74 Å². The Morgan fingerprint density at radius 2 is 2.07 bits per heavy atom. The highest BCUT2D eigenvalue weighted by atomic mass is 28.3. The van der Waals surface area contributed by atoms with E-state index >= 15 is 0 Å². The van der Waals surface area contributed by atoms with Crippen LogP contribution in [0, 0.1) is 11.5 Å². The van der Waals surface area contributed by atoms with E-state index in [4.69, 9.17) is 4.74 Å². The maximum absolute atomic E-state index is 5.36. The number of rotatable bonds is 2. The fourth-order valence-corrected chi connectivity index (χ4v) is 1.51. The zero-order valence-corrected chi connectivity index (χ0v) is 10.8. The summed E-state index contributed by atoms with van der Waals surface area (Å²) in [5.74, 6) is 3.94. The molecule has 0 aliphatic heterocycles. The number of hydrogen-bond acceptors (Lipinski definition) is 2. The summed E-state index contributed by atoms with van der Waals surface area (Å²) in [6, 6.07) is 1.93. The Hall–Kier alpha value is -1.27. The van der Waals surface area contributed by atoms with Crippen LogP contribution in [0.3, 0.4) is 0 Å². The van der Waals surface area contributed by atoms with E-state index in [-0.39, 0.29) is 0 Å². The van der Waals surface area contributed by atoms with Crippen LogP contribution in [0.4, 0.5) is 0 Å². The molecule has 0 aliphatic rings. The molecule has 0 amide bonds. The lowest BCUT2D eigenvalue weighted by Gasteiger charge is -2.04. The minimum Gasteiger partial charge on any atom is -0.492 e. The Morgan fingerprint density at radius 3 is 2.67 bits per heavy atom. The van der Waals surface area contributed by atoms with Crippen molar-refractivity contribution in [1.29, 1.82) is 0 Å². The van der Waals surface area contributed by atoms with Gasteiger partial charge in [-0.05, 0) is 13.0 Å². The highest BCUT2D eigenvalue weighted by Crippen LogP contribution is 2.10. The molecule has 0 fully saturated rings. The average molecular weight is 219 g/mol. The molecule has 0 saturated carbocycles. The highest BCUT2D eigenvalue weighted by molar-refractivity contribution is 6.83. The lowest BCUT2D eigenvalue weighted by molar-refractivity contribution is 0.339. The predicted molar refractivity (Wildman–Crippen MR) is 65.6 cm³/mol. The third-order valence-corrected chi connectivity index (χ3v) is 2.48. The Labute approximate surface area is 92.7 Å². The van der Waals surface area contributed by atoms with Crippen molar-refractivity contribution in [3.05, 3.63) is 24.0 Å². The molecule has 3 heteroatoms. The predicted octanol–water partition coefficient (Wildman–Crippen LogP) is 2.71. The van der Waals surface area contributed by atoms with Crippen molar-refractivity contribution < 1.29 is 4.74 Å². The van der Waals surface area contributed by atoms with Crippen molar-refractivity contribution in [1.82, 2.24) is 4.98 Å². The second-order valence-electron chi connectivity index (χ2n) is 4.34. The zero-order chi connectivity index (χ0) is 11.3. The van der Waals surface area contributed by atoms with Crippen LogP contribution in [0.15, 0.2) is 18.5 Å². The molecule has 0 aliphatic carbocycles. The SMILES string of the molecule is CCOc1cncc(C#C[Si](C)(C)C)c1. The highest BCUT2D eigenvalue weighted by Gasteiger charge is 2.07. The second-order valence-corrected chi connectivity index (χ2v) is 9.09. The van der Waals surface area contributed by atoms with Gasteiger partial charge in [0.25, 0.3) is 0 Å². The zero-order valence-electron chi connectivity index (χ0n) is 9.79. The molecule has 0 bridgehead atoms. The number of hydrogen-bond donors (Lipinski definition) is 0. The Kier molecular flexibility index (Phi) is 3.93. The third kappa shape index (κ3) is 4.66. The fraction of sp³-hybridized carbons (Fsp3) is 0.417. The van der Waals surface area contributed by atoms with E-state index in [9.17, 15) is 0 Å². The first-order valence-corrected chi connectivity index (χ1v) is 8.62. The van der Waals surface area contributed by atoms with Crippen LogP contribution in [0.5, 0.6) is 5.75 Å². The summed E-state index contributed by atoms with van der Waals surface area (Å²) in [5.41, 5.74) is 4.23. The van der Waals surface area contributed by atoms with Gasteiger partial charge in [0, 0.05) is 11.8 Å². The quantitative estimate of drug-likeness (QED) is 0.563. The summed E-state index contributed by atoms with van der Waals surface area (Å²) in [7, 11) is -1.31. The van der Waals surface area contributed by atoms with E-state index in [1.165, 1.54) is 0 Å². The van der Waals surface area contributed by atoms with Gasteiger partial charge in [-0.1, -0.05) is 25.6 Å². The van der Waals surface area contributed by atoms with Gasteiger partial charge in [-0.15, -0.1) is 5.54 Å². The Morgan fingerprint density at radius 1 is 1.33 bits per heavy atom. The maximum Gasteiger partial charge on any atom is 0.138 e. The van der Waals surface area contributed by atoms with Gasteiger partial charge in [0.15, 0.2) is 0 Å². The lowest BCUT2D eigenvalue weighted by atomic mass is 10.3. The lowest BCUT2D eigenvalue weighted by Crippen LogP contribution is -2.16. The molecular weight excluding hydrogens is 202 g/mol. The molecule has 0 N–H and O–H groups in total. The molecule has 0 saturated heterocycles. The normalized spacial score (nSPS) is 10.4. The van der Waals surface area contributed by atoms with Gasteiger partial charge in [-0.3, -0.25) is 4.98 Å². The molecule has 15 heavy (non-hydrogen) atoms. The van der Waals surface area contributed by atoms with Gasteiger partial charge in [0.1, 0.15) is 13.8 Å². The fourth-order valence-electron chi connectivity index (χ4n) is 0.992. The summed E-state index contributed by atoms with van der Waals surface area (Å²) in [6.07, 6.45) is 3.48. The van der Waals surface area contributed by atoms with E-state index in [0.29, 0.717) is 6.61 Å². The number of nitrogens with zero attached hydrogens (tertiary/aromatic N) is 1. The van der Waals surface area contributed by atoms with Gasteiger partial charge in [-0.25, -0.2) is 0 Å². The molecule has 1 heterocycles. The van der Waals surface area contributed by atoms with E-state index < -0.39 is 8.07 Å². The van der Waals surface area contributed by atoms with Crippen molar-refractivity contribution in [2.45, 2.75) is 26.6 Å². The monoisotopic (exact) mass is 219 g/mol. The Balaban J connectivity index is 2.85. The standard InChI is InChI=1S/C12H17NOSi/c1-5-14-12-8-11(9-13-10-12)6-7-15(2,3)4/h8-10H,5H2,1-4H3. The van der Waals surface area contributed by atoms with Crippen molar-refractivity contribution >= 4 is 8.07 Å². The summed E-state index contributed by atoms with van der Waals surface area (Å²) in [5, 5.41) is 0. The van der Waals surface area contributed by atoms with Crippen molar-refractivity contribution in [2.75, 3.05) is 6.61 Å². The summed E-state index contributed by atoms with van der Waals surface area (Å²) < 4.78 is 5.36. The molecule has 0 spiro atoms. The molecule has 0 aromatic carbocycles. The summed E-state index contributed by atoms with van der Waals surface area (Å²) in [6.45, 7) is 9.28. The van der Waals surface area contributed by atoms with Crippen LogP contribution in [-0.2, 0) is 0 Å². The van der Waals surface area contributed by atoms with Gasteiger partial charge >= 0.3 is 0 Å². The number of aromatic nitrogens is 1. The first-order valence-electron chi connectivity index (χ1n) is 5.12. The van der Waals surface area contributed by atoms with E-state index in [2.05, 4.69) is 36.1 Å². The molecule has 1 aromatic rings. The molecule has 0 unspecified atom stereocenters. The van der Waals surface area contributed by atoms with Crippen molar-refractivity contribution in [3.8, 4) is 17.2 Å². The molecule has 2 nitrogen and oxygen atoms in total. The van der Waals surface area contributed by atoms with Crippen LogP contribution in [-0.4, -0.2) is 19.7 Å². The van der Waals surface area contributed by atoms with E-state index in [0.717, 1.165) is 11.3 Å². The largest absolute Gasteiger partial charge is 0.492 e. The van der Waals surface area contributed by atoms with E-state index in [1.54, 1.807) is 12.4 Å². The topological polar surface area (TPSA) is 22.1 Å². The van der Waals surface area contributed by atoms with Crippen LogP contribution >= 0.6 is 0 Å². The number of ether oxygens (including phenoxy) is 1. The van der Waals surface area contributed by atoms with E-state index in [1.807, 2.05) is 13.0 Å². The van der Waals surface area contributed by atoms with Gasteiger partial charge < -0.3 is 4.74 Å². The van der Waals surface area contributed by atoms with Crippen LogP contribution in [0.2, 0.25) is 19.6 Å². The van der Waals surface area contributed by atoms with Gasteiger partial charge in [0.05, 0.1) is 12.8 Å². The summed E-state index contributed by atoms with van der Waals surface area (Å²) >= 11 is 0. The van der Waals surface area contributed by atoms with Crippen LogP contribution in [0.1, 0.15) is 12.5 Å². The molecule has 0 atom stereocenters.